The van der Waals surface area contributed by atoms with Crippen molar-refractivity contribution in [3.63, 3.8) is 0 Å². The molecule has 0 saturated heterocycles. The van der Waals surface area contributed by atoms with E-state index in [0.717, 1.165) is 20.9 Å². The Morgan fingerprint density at radius 1 is 1.50 bits per heavy atom. The Hall–Kier alpha value is -1.12. The lowest BCUT2D eigenvalue weighted by Crippen LogP contribution is -2.27. The van der Waals surface area contributed by atoms with Gasteiger partial charge in [0, 0.05) is 11.4 Å². The number of anilines is 1. The molecule has 0 radical (unpaired) electrons. The lowest BCUT2D eigenvalue weighted by molar-refractivity contribution is -0.119. The summed E-state index contributed by atoms with van der Waals surface area (Å²) in [6.45, 7) is 4.81. The number of rotatable bonds is 7. The van der Waals surface area contributed by atoms with Crippen molar-refractivity contribution >= 4 is 45.5 Å². The van der Waals surface area contributed by atoms with E-state index in [4.69, 9.17) is 0 Å². The average molecular weight is 328 g/mol. The van der Waals surface area contributed by atoms with Crippen LogP contribution in [0.3, 0.4) is 0 Å². The van der Waals surface area contributed by atoms with E-state index >= 15 is 0 Å². The van der Waals surface area contributed by atoms with Gasteiger partial charge in [0.1, 0.15) is 0 Å². The van der Waals surface area contributed by atoms with Gasteiger partial charge in [-0.3, -0.25) is 4.79 Å². The van der Waals surface area contributed by atoms with Crippen LogP contribution in [-0.4, -0.2) is 28.4 Å². The van der Waals surface area contributed by atoms with Crippen LogP contribution >= 0.6 is 34.4 Å². The van der Waals surface area contributed by atoms with E-state index in [1.165, 1.54) is 23.1 Å². The molecule has 108 valence electrons. The molecule has 0 aliphatic carbocycles. The molecule has 0 aliphatic rings. The monoisotopic (exact) mass is 328 g/mol. The molecule has 5 nitrogen and oxygen atoms in total. The number of nitrogens with one attached hydrogen (secondary N) is 2. The van der Waals surface area contributed by atoms with E-state index in [-0.39, 0.29) is 11.9 Å². The van der Waals surface area contributed by atoms with E-state index in [1.54, 1.807) is 11.3 Å². The Morgan fingerprint density at radius 2 is 2.35 bits per heavy atom. The van der Waals surface area contributed by atoms with E-state index in [9.17, 15) is 4.79 Å². The summed E-state index contributed by atoms with van der Waals surface area (Å²) in [5.41, 5.74) is 0. The molecule has 2 heterocycles. The third kappa shape index (κ3) is 4.46. The molecule has 0 aliphatic heterocycles. The summed E-state index contributed by atoms with van der Waals surface area (Å²) in [4.78, 5) is 13.0. The molecule has 2 aromatic heterocycles. The number of hydrogen-bond acceptors (Lipinski definition) is 7. The summed E-state index contributed by atoms with van der Waals surface area (Å²) >= 11 is 4.52. The quantitative estimate of drug-likeness (QED) is 0.765. The topological polar surface area (TPSA) is 66.9 Å². The van der Waals surface area contributed by atoms with Crippen LogP contribution in [0.2, 0.25) is 0 Å². The fraction of sp³-hybridized carbons (Fsp3) is 0.417. The molecule has 8 heteroatoms. The van der Waals surface area contributed by atoms with Gasteiger partial charge in [-0.2, -0.15) is 0 Å². The van der Waals surface area contributed by atoms with Crippen LogP contribution < -0.4 is 10.6 Å². The van der Waals surface area contributed by atoms with Gasteiger partial charge in [-0.1, -0.05) is 29.2 Å². The van der Waals surface area contributed by atoms with Gasteiger partial charge in [0.25, 0.3) is 0 Å². The highest BCUT2D eigenvalue weighted by atomic mass is 32.2. The maximum atomic E-state index is 11.9. The predicted molar refractivity (Wildman–Crippen MR) is 85.7 cm³/mol. The number of aromatic nitrogens is 2. The highest BCUT2D eigenvalue weighted by Crippen LogP contribution is 2.25. The Balaban J connectivity index is 1.77. The minimum absolute atomic E-state index is 0.0103. The zero-order chi connectivity index (χ0) is 14.4. The average Bonchev–Trinajstić information content (AvgIpc) is 3.08. The maximum Gasteiger partial charge on any atom is 0.230 e. The van der Waals surface area contributed by atoms with Crippen LogP contribution in [0.15, 0.2) is 21.9 Å². The fourth-order valence-corrected chi connectivity index (χ4v) is 3.88. The van der Waals surface area contributed by atoms with Crippen LogP contribution in [0.4, 0.5) is 5.13 Å². The molecule has 1 atom stereocenters. The van der Waals surface area contributed by atoms with Gasteiger partial charge in [-0.15, -0.1) is 21.5 Å². The number of amides is 1. The fourth-order valence-electron chi connectivity index (χ4n) is 1.51. The Morgan fingerprint density at radius 3 is 3.05 bits per heavy atom. The van der Waals surface area contributed by atoms with Crippen LogP contribution in [-0.2, 0) is 4.79 Å². The van der Waals surface area contributed by atoms with Crippen molar-refractivity contribution in [1.29, 1.82) is 0 Å². The smallest absolute Gasteiger partial charge is 0.230 e. The van der Waals surface area contributed by atoms with E-state index in [2.05, 4.69) is 20.8 Å². The van der Waals surface area contributed by atoms with Crippen molar-refractivity contribution in [3.8, 4) is 0 Å². The number of carbonyl (C=O) groups is 1. The van der Waals surface area contributed by atoms with Crippen molar-refractivity contribution in [2.75, 3.05) is 17.6 Å². The first kappa shape index (κ1) is 15.3. The molecule has 0 spiro atoms. The van der Waals surface area contributed by atoms with Gasteiger partial charge in [-0.25, -0.2) is 0 Å². The van der Waals surface area contributed by atoms with E-state index < -0.39 is 0 Å². The summed E-state index contributed by atoms with van der Waals surface area (Å²) in [5, 5.41) is 16.9. The second kappa shape index (κ2) is 7.61. The molecule has 2 aromatic rings. The second-order valence-corrected chi connectivity index (χ2v) is 7.18. The minimum atomic E-state index is 0.0103. The predicted octanol–water partition coefficient (Wildman–Crippen LogP) is 3.00. The molecule has 2 N–H and O–H groups in total. The molecule has 0 saturated carbocycles. The lowest BCUT2D eigenvalue weighted by atomic mass is 10.3. The first-order valence-corrected chi connectivity index (χ1v) is 8.90. The Bertz CT molecular complexity index is 541. The van der Waals surface area contributed by atoms with Crippen molar-refractivity contribution in [2.24, 2.45) is 0 Å². The molecular weight excluding hydrogens is 312 g/mol. The van der Waals surface area contributed by atoms with Crippen molar-refractivity contribution in [2.45, 2.75) is 24.2 Å². The summed E-state index contributed by atoms with van der Waals surface area (Å²) in [6, 6.07) is 4.06. The third-order valence-electron chi connectivity index (χ3n) is 2.41. The Labute approximate surface area is 130 Å². The molecule has 0 aromatic carbocycles. The number of carbonyl (C=O) groups excluding carboxylic acids is 1. The SMILES string of the molecule is CCNc1nnc(SCC(=O)NC(C)c2cccs2)s1. The second-order valence-electron chi connectivity index (χ2n) is 4.00. The van der Waals surface area contributed by atoms with Crippen LogP contribution in [0.25, 0.3) is 0 Å². The van der Waals surface area contributed by atoms with E-state index in [1.807, 2.05) is 31.4 Å². The first-order valence-electron chi connectivity index (χ1n) is 6.22. The summed E-state index contributed by atoms with van der Waals surface area (Å²) in [7, 11) is 0. The van der Waals surface area contributed by atoms with Crippen LogP contribution in [0.1, 0.15) is 24.8 Å². The normalized spacial score (nSPS) is 12.1. The summed E-state index contributed by atoms with van der Waals surface area (Å²) in [5.74, 6) is 0.368. The molecule has 0 bridgehead atoms. The standard InChI is InChI=1S/C12H16N4OS3/c1-3-13-11-15-16-12(20-11)19-7-10(17)14-8(2)9-5-4-6-18-9/h4-6,8H,3,7H2,1-2H3,(H,13,15)(H,14,17). The Kier molecular flexibility index (Phi) is 5.81. The van der Waals surface area contributed by atoms with Gasteiger partial charge in [-0.05, 0) is 25.3 Å². The summed E-state index contributed by atoms with van der Waals surface area (Å²) in [6.07, 6.45) is 0. The van der Waals surface area contributed by atoms with Gasteiger partial charge >= 0.3 is 0 Å². The zero-order valence-corrected chi connectivity index (χ0v) is 13.7. The van der Waals surface area contributed by atoms with Gasteiger partial charge in [0.15, 0.2) is 4.34 Å². The lowest BCUT2D eigenvalue weighted by Gasteiger charge is -2.11. The van der Waals surface area contributed by atoms with E-state index in [0.29, 0.717) is 5.75 Å². The van der Waals surface area contributed by atoms with Gasteiger partial charge < -0.3 is 10.6 Å². The van der Waals surface area contributed by atoms with Crippen molar-refractivity contribution in [1.82, 2.24) is 15.5 Å². The molecule has 1 amide bonds. The van der Waals surface area contributed by atoms with Crippen LogP contribution in [0, 0.1) is 0 Å². The first-order chi connectivity index (χ1) is 9.69. The number of thioether (sulfide) groups is 1. The van der Waals surface area contributed by atoms with Crippen molar-refractivity contribution < 1.29 is 4.79 Å². The third-order valence-corrected chi connectivity index (χ3v) is 5.48. The molecule has 2 rings (SSSR count). The van der Waals surface area contributed by atoms with Crippen molar-refractivity contribution in [3.05, 3.63) is 22.4 Å². The number of hydrogen-bond donors (Lipinski definition) is 2. The highest BCUT2D eigenvalue weighted by molar-refractivity contribution is 8.01. The number of nitrogens with zero attached hydrogens (tertiary/aromatic N) is 2. The largest absolute Gasteiger partial charge is 0.360 e. The molecular formula is C12H16N4OS3. The molecule has 1 unspecified atom stereocenters. The van der Waals surface area contributed by atoms with Gasteiger partial charge in [0.05, 0.1) is 11.8 Å². The highest BCUT2D eigenvalue weighted by Gasteiger charge is 2.12. The zero-order valence-electron chi connectivity index (χ0n) is 11.3. The number of thiophene rings is 1. The molecule has 20 heavy (non-hydrogen) atoms. The summed E-state index contributed by atoms with van der Waals surface area (Å²) < 4.78 is 0.805. The van der Waals surface area contributed by atoms with Crippen LogP contribution in [0.5, 0.6) is 0 Å². The van der Waals surface area contributed by atoms with Gasteiger partial charge in [0.2, 0.25) is 11.0 Å². The minimum Gasteiger partial charge on any atom is -0.360 e. The maximum absolute atomic E-state index is 11.9. The molecule has 0 fully saturated rings.